The average Bonchev–Trinajstić information content (AvgIpc) is 3.47. The molecule has 1 aromatic heterocycles. The molecule has 170 valence electrons. The Morgan fingerprint density at radius 2 is 1.91 bits per heavy atom. The van der Waals surface area contributed by atoms with Gasteiger partial charge >= 0.3 is 0 Å². The van der Waals surface area contributed by atoms with E-state index < -0.39 is 11.5 Å². The quantitative estimate of drug-likeness (QED) is 0.299. The number of fused-ring (bicyclic) bond motifs is 1. The van der Waals surface area contributed by atoms with Gasteiger partial charge in [0.25, 0.3) is 0 Å². The third-order valence-corrected chi connectivity index (χ3v) is 6.30. The van der Waals surface area contributed by atoms with E-state index in [-0.39, 0.29) is 23.7 Å². The fraction of sp³-hybridized carbons (Fsp3) is 0.400. The van der Waals surface area contributed by atoms with Crippen molar-refractivity contribution in [1.29, 1.82) is 0 Å². The Balaban J connectivity index is 1.64. The summed E-state index contributed by atoms with van der Waals surface area (Å²) in [5.41, 5.74) is 8.62. The Hall–Kier alpha value is -3.03. The van der Waals surface area contributed by atoms with Gasteiger partial charge in [-0.25, -0.2) is 0 Å². The second-order valence-corrected chi connectivity index (χ2v) is 9.81. The first-order valence-corrected chi connectivity index (χ1v) is 10.9. The number of phenolic OH excluding ortho intramolecular Hbond substituents is 1. The molecule has 7 nitrogen and oxygen atoms in total. The van der Waals surface area contributed by atoms with E-state index in [0.29, 0.717) is 30.8 Å². The van der Waals surface area contributed by atoms with E-state index in [1.807, 2.05) is 22.8 Å². The number of aromatic nitrogens is 1. The van der Waals surface area contributed by atoms with Crippen LogP contribution in [0.1, 0.15) is 44.9 Å². The zero-order valence-corrected chi connectivity index (χ0v) is 18.7. The van der Waals surface area contributed by atoms with Crippen LogP contribution in [0.25, 0.3) is 10.9 Å². The van der Waals surface area contributed by atoms with Crippen LogP contribution >= 0.6 is 0 Å². The van der Waals surface area contributed by atoms with Gasteiger partial charge in [0.2, 0.25) is 5.91 Å². The number of nitrogens with one attached hydrogen (secondary N) is 1. The van der Waals surface area contributed by atoms with E-state index in [1.165, 1.54) is 0 Å². The molecule has 7 heteroatoms. The van der Waals surface area contributed by atoms with E-state index in [9.17, 15) is 20.1 Å². The summed E-state index contributed by atoms with van der Waals surface area (Å²) in [7, 11) is 0. The summed E-state index contributed by atoms with van der Waals surface area (Å²) < 4.78 is 2.03. The van der Waals surface area contributed by atoms with Gasteiger partial charge in [-0.05, 0) is 54.8 Å². The van der Waals surface area contributed by atoms with Gasteiger partial charge in [0.05, 0.1) is 30.4 Å². The zero-order chi connectivity index (χ0) is 23.3. The fourth-order valence-corrected chi connectivity index (χ4v) is 4.30. The fourth-order valence-electron chi connectivity index (χ4n) is 4.30. The first-order chi connectivity index (χ1) is 15.0. The van der Waals surface area contributed by atoms with Gasteiger partial charge in [0, 0.05) is 27.7 Å². The summed E-state index contributed by atoms with van der Waals surface area (Å²) in [5, 5.41) is 33.3. The van der Waals surface area contributed by atoms with Gasteiger partial charge in [0.15, 0.2) is 0 Å². The number of nitrogens with two attached hydrogens (primary N) is 1. The number of aliphatic hydroxyl groups excluding tert-OH is 2. The van der Waals surface area contributed by atoms with Crippen LogP contribution in [-0.4, -0.2) is 38.5 Å². The van der Waals surface area contributed by atoms with Crippen molar-refractivity contribution in [3.8, 4) is 5.75 Å². The highest BCUT2D eigenvalue weighted by Gasteiger charge is 2.51. The van der Waals surface area contributed by atoms with Crippen LogP contribution < -0.4 is 11.1 Å². The molecular weight excluding hydrogens is 406 g/mol. The molecule has 1 heterocycles. The van der Waals surface area contributed by atoms with Crippen LogP contribution in [-0.2, 0) is 22.2 Å². The lowest BCUT2D eigenvalue weighted by atomic mass is 9.92. The van der Waals surface area contributed by atoms with Crippen molar-refractivity contribution >= 4 is 28.2 Å². The first-order valence-electron chi connectivity index (χ1n) is 10.9. The summed E-state index contributed by atoms with van der Waals surface area (Å²) >= 11 is 0. The van der Waals surface area contributed by atoms with Crippen molar-refractivity contribution in [1.82, 2.24) is 4.57 Å². The molecule has 1 atom stereocenters. The van der Waals surface area contributed by atoms with Gasteiger partial charge in [0.1, 0.15) is 5.75 Å². The molecule has 1 fully saturated rings. The second-order valence-electron chi connectivity index (χ2n) is 9.81. The van der Waals surface area contributed by atoms with Crippen molar-refractivity contribution < 1.29 is 20.1 Å². The molecule has 1 saturated carbocycles. The highest BCUT2D eigenvalue weighted by molar-refractivity contribution is 6.02. The molecule has 0 aliphatic heterocycles. The Kier molecular flexibility index (Phi) is 5.43. The molecule has 1 amide bonds. The maximum Gasteiger partial charge on any atom is 0.235 e. The minimum Gasteiger partial charge on any atom is -0.506 e. The van der Waals surface area contributed by atoms with Crippen molar-refractivity contribution in [2.24, 2.45) is 0 Å². The predicted octanol–water partition coefficient (Wildman–Crippen LogP) is 3.25. The summed E-state index contributed by atoms with van der Waals surface area (Å²) in [6, 6.07) is 12.8. The summed E-state index contributed by atoms with van der Waals surface area (Å²) in [6.07, 6.45) is 0.583. The zero-order valence-electron chi connectivity index (χ0n) is 18.7. The van der Waals surface area contributed by atoms with E-state index in [1.54, 1.807) is 18.2 Å². The number of nitrogens with zero attached hydrogens (tertiary/aromatic N) is 1. The standard InChI is InChI=1S/C25H31N3O4/c1-24(2,3)22-11-15-10-17(5-7-20(15)28(22)13-18(30)14-29)27-23(32)25(8-9-25)16-4-6-19(26)21(31)12-16/h4-7,10-12,18,29-31H,8-9,13-14,26H2,1-3H3,(H,27,32)/t18-/m1/s1. The Labute approximate surface area is 187 Å². The molecule has 0 bridgehead atoms. The van der Waals surface area contributed by atoms with Crippen LogP contribution in [0.15, 0.2) is 42.5 Å². The number of aliphatic hydroxyl groups is 2. The number of carbonyl (C=O) groups is 1. The number of carbonyl (C=O) groups excluding carboxylic acids is 1. The highest BCUT2D eigenvalue weighted by atomic mass is 16.3. The smallest absolute Gasteiger partial charge is 0.235 e. The molecule has 0 spiro atoms. The Morgan fingerprint density at radius 1 is 1.19 bits per heavy atom. The molecule has 4 rings (SSSR count). The molecule has 1 aliphatic carbocycles. The van der Waals surface area contributed by atoms with Crippen molar-refractivity contribution in [2.75, 3.05) is 17.7 Å². The first kappa shape index (κ1) is 22.2. The Morgan fingerprint density at radius 3 is 2.50 bits per heavy atom. The second kappa shape index (κ2) is 7.83. The number of hydrogen-bond donors (Lipinski definition) is 5. The minimum absolute atomic E-state index is 0.0101. The molecule has 0 unspecified atom stereocenters. The SMILES string of the molecule is CC(C)(C)c1cc2cc(NC(=O)C3(c4ccc(N)c(O)c4)CC3)ccc2n1C[C@@H](O)CO. The number of hydrogen-bond acceptors (Lipinski definition) is 5. The number of nitrogen functional groups attached to an aromatic ring is 1. The van der Waals surface area contributed by atoms with Crippen LogP contribution in [0.4, 0.5) is 11.4 Å². The van der Waals surface area contributed by atoms with Crippen molar-refractivity contribution in [3.63, 3.8) is 0 Å². The number of phenols is 1. The predicted molar refractivity (Wildman–Crippen MR) is 126 cm³/mol. The summed E-state index contributed by atoms with van der Waals surface area (Å²) in [5.74, 6) is -0.115. The van der Waals surface area contributed by atoms with E-state index in [0.717, 1.165) is 22.2 Å². The molecule has 1 aliphatic rings. The van der Waals surface area contributed by atoms with Gasteiger partial charge < -0.3 is 30.9 Å². The van der Waals surface area contributed by atoms with Gasteiger partial charge in [-0.2, -0.15) is 0 Å². The number of anilines is 2. The Bertz CT molecular complexity index is 1170. The lowest BCUT2D eigenvalue weighted by Gasteiger charge is -2.23. The van der Waals surface area contributed by atoms with Crippen LogP contribution in [0, 0.1) is 0 Å². The third kappa shape index (κ3) is 3.94. The molecule has 0 saturated heterocycles. The monoisotopic (exact) mass is 437 g/mol. The summed E-state index contributed by atoms with van der Waals surface area (Å²) in [4.78, 5) is 13.2. The van der Waals surface area contributed by atoms with Crippen molar-refractivity contribution in [3.05, 3.63) is 53.7 Å². The van der Waals surface area contributed by atoms with E-state index in [4.69, 9.17) is 5.73 Å². The number of amides is 1. The van der Waals surface area contributed by atoms with Gasteiger partial charge in [-0.15, -0.1) is 0 Å². The highest BCUT2D eigenvalue weighted by Crippen LogP contribution is 2.50. The maximum absolute atomic E-state index is 13.2. The van der Waals surface area contributed by atoms with E-state index in [2.05, 4.69) is 32.2 Å². The molecule has 6 N–H and O–H groups in total. The normalized spacial score (nSPS) is 16.2. The third-order valence-electron chi connectivity index (χ3n) is 6.30. The topological polar surface area (TPSA) is 121 Å². The molecule has 2 aromatic carbocycles. The van der Waals surface area contributed by atoms with Gasteiger partial charge in [-0.3, -0.25) is 4.79 Å². The lowest BCUT2D eigenvalue weighted by Crippen LogP contribution is -2.27. The maximum atomic E-state index is 13.2. The molecule has 0 radical (unpaired) electrons. The van der Waals surface area contributed by atoms with Crippen LogP contribution in [0.5, 0.6) is 5.75 Å². The molecular formula is C25H31N3O4. The van der Waals surface area contributed by atoms with Crippen molar-refractivity contribution in [2.45, 2.75) is 57.1 Å². The van der Waals surface area contributed by atoms with Crippen LogP contribution in [0.3, 0.4) is 0 Å². The average molecular weight is 438 g/mol. The molecule has 3 aromatic rings. The lowest BCUT2D eigenvalue weighted by molar-refractivity contribution is -0.118. The van der Waals surface area contributed by atoms with Gasteiger partial charge in [-0.1, -0.05) is 26.8 Å². The summed E-state index contributed by atoms with van der Waals surface area (Å²) in [6.45, 7) is 6.29. The number of rotatable bonds is 6. The van der Waals surface area contributed by atoms with Crippen LogP contribution in [0.2, 0.25) is 0 Å². The molecule has 32 heavy (non-hydrogen) atoms. The minimum atomic E-state index is -0.850. The van der Waals surface area contributed by atoms with E-state index >= 15 is 0 Å². The number of aromatic hydroxyl groups is 1. The largest absolute Gasteiger partial charge is 0.506 e. The number of benzene rings is 2.